The quantitative estimate of drug-likeness (QED) is 0.753. The average molecular weight is 379 g/mol. The molecule has 0 aliphatic carbocycles. The Bertz CT molecular complexity index is 806. The van der Waals surface area contributed by atoms with Gasteiger partial charge in [-0.25, -0.2) is 8.42 Å². The number of amides is 1. The van der Waals surface area contributed by atoms with Gasteiger partial charge in [-0.1, -0.05) is 30.3 Å². The topological polar surface area (TPSA) is 66.5 Å². The fourth-order valence-corrected chi connectivity index (χ4v) is 3.86. The molecule has 2 aromatic rings. The summed E-state index contributed by atoms with van der Waals surface area (Å²) in [6, 6.07) is 16.0. The van der Waals surface area contributed by atoms with Crippen molar-refractivity contribution in [3.63, 3.8) is 0 Å². The summed E-state index contributed by atoms with van der Waals surface area (Å²) in [5.41, 5.74) is 0.967. The molecule has 1 amide bonds. The van der Waals surface area contributed by atoms with Gasteiger partial charge >= 0.3 is 0 Å². The van der Waals surface area contributed by atoms with Crippen LogP contribution in [-0.2, 0) is 14.8 Å². The van der Waals surface area contributed by atoms with Gasteiger partial charge in [-0.3, -0.25) is 4.79 Å². The molecule has 0 aliphatic heterocycles. The third-order valence-corrected chi connectivity index (χ3v) is 6.37. The van der Waals surface area contributed by atoms with E-state index in [-0.39, 0.29) is 23.4 Å². The van der Waals surface area contributed by atoms with Crippen molar-refractivity contribution < 1.29 is 13.2 Å². The second-order valence-corrected chi connectivity index (χ2v) is 8.56. The van der Waals surface area contributed by atoms with Gasteiger partial charge in [0.15, 0.2) is 0 Å². The van der Waals surface area contributed by atoms with Crippen LogP contribution in [0.4, 0.5) is 0 Å². The lowest BCUT2D eigenvalue weighted by atomic mass is 10.1. The standard InChI is InChI=1S/C18H22N2O3S2/c1-14(15-7-5-4-6-8-15)19-18(21)13-20(2)25(22,23)17-11-9-16(24-3)10-12-17/h4-12,14H,13H2,1-3H3,(H,19,21). The van der Waals surface area contributed by atoms with Crippen LogP contribution in [0.15, 0.2) is 64.4 Å². The number of benzene rings is 2. The molecule has 1 unspecified atom stereocenters. The summed E-state index contributed by atoms with van der Waals surface area (Å²) >= 11 is 1.54. The molecule has 1 N–H and O–H groups in total. The number of rotatable bonds is 7. The fraction of sp³-hybridized carbons (Fsp3) is 0.278. The molecule has 5 nitrogen and oxygen atoms in total. The Balaban J connectivity index is 2.01. The molecule has 0 spiro atoms. The first-order valence-electron chi connectivity index (χ1n) is 7.79. The van der Waals surface area contributed by atoms with Crippen molar-refractivity contribution in [2.24, 2.45) is 0 Å². The van der Waals surface area contributed by atoms with Crippen molar-refractivity contribution in [1.82, 2.24) is 9.62 Å². The van der Waals surface area contributed by atoms with E-state index in [0.717, 1.165) is 14.8 Å². The Morgan fingerprint density at radius 1 is 1.12 bits per heavy atom. The van der Waals surface area contributed by atoms with Gasteiger partial charge in [-0.2, -0.15) is 4.31 Å². The van der Waals surface area contributed by atoms with E-state index in [0.29, 0.717) is 0 Å². The van der Waals surface area contributed by atoms with E-state index in [1.165, 1.54) is 18.8 Å². The number of carbonyl (C=O) groups is 1. The molecule has 0 saturated carbocycles. The number of hydrogen-bond acceptors (Lipinski definition) is 4. The summed E-state index contributed by atoms with van der Waals surface area (Å²) in [7, 11) is -2.29. The Morgan fingerprint density at radius 2 is 1.72 bits per heavy atom. The first-order valence-corrected chi connectivity index (χ1v) is 10.5. The third-order valence-electron chi connectivity index (χ3n) is 3.81. The molecule has 0 heterocycles. The van der Waals surface area contributed by atoms with Gasteiger partial charge in [0.1, 0.15) is 0 Å². The number of carbonyl (C=O) groups excluding carboxylic acids is 1. The molecule has 0 aromatic heterocycles. The zero-order valence-corrected chi connectivity index (χ0v) is 16.1. The number of nitrogens with one attached hydrogen (secondary N) is 1. The minimum Gasteiger partial charge on any atom is -0.348 e. The molecular formula is C18H22N2O3S2. The Hall–Kier alpha value is -1.83. The van der Waals surface area contributed by atoms with Crippen LogP contribution in [0.2, 0.25) is 0 Å². The maximum Gasteiger partial charge on any atom is 0.243 e. The van der Waals surface area contributed by atoms with Gasteiger partial charge < -0.3 is 5.32 Å². The molecule has 7 heteroatoms. The van der Waals surface area contributed by atoms with E-state index in [2.05, 4.69) is 5.32 Å². The molecule has 0 radical (unpaired) electrons. The monoisotopic (exact) mass is 378 g/mol. The van der Waals surface area contributed by atoms with Crippen molar-refractivity contribution in [1.29, 1.82) is 0 Å². The summed E-state index contributed by atoms with van der Waals surface area (Å²) in [4.78, 5) is 13.4. The number of thioether (sulfide) groups is 1. The summed E-state index contributed by atoms with van der Waals surface area (Å²) in [6.45, 7) is 1.63. The molecule has 2 aromatic carbocycles. The van der Waals surface area contributed by atoms with Crippen LogP contribution in [0, 0.1) is 0 Å². The van der Waals surface area contributed by atoms with Crippen molar-refractivity contribution in [3.8, 4) is 0 Å². The van der Waals surface area contributed by atoms with Crippen LogP contribution < -0.4 is 5.32 Å². The van der Waals surface area contributed by atoms with E-state index >= 15 is 0 Å². The second-order valence-electron chi connectivity index (χ2n) is 5.64. The lowest BCUT2D eigenvalue weighted by molar-refractivity contribution is -0.121. The maximum absolute atomic E-state index is 12.6. The zero-order chi connectivity index (χ0) is 18.4. The molecular weight excluding hydrogens is 356 g/mol. The van der Waals surface area contributed by atoms with Gasteiger partial charge in [0.05, 0.1) is 17.5 Å². The number of sulfonamides is 1. The number of likely N-dealkylation sites (N-methyl/N-ethyl adjacent to an activating group) is 1. The van der Waals surface area contributed by atoms with E-state index in [1.807, 2.05) is 43.5 Å². The highest BCUT2D eigenvalue weighted by Gasteiger charge is 2.23. The zero-order valence-electron chi connectivity index (χ0n) is 14.5. The Kier molecular flexibility index (Phi) is 6.64. The molecule has 25 heavy (non-hydrogen) atoms. The number of hydrogen-bond donors (Lipinski definition) is 1. The summed E-state index contributed by atoms with van der Waals surface area (Å²) in [5.74, 6) is -0.344. The Labute approximate surface area is 153 Å². The minimum atomic E-state index is -3.70. The van der Waals surface area contributed by atoms with Gasteiger partial charge in [0.25, 0.3) is 0 Å². The van der Waals surface area contributed by atoms with Crippen LogP contribution in [0.1, 0.15) is 18.5 Å². The lowest BCUT2D eigenvalue weighted by Gasteiger charge is -2.19. The molecule has 1 atom stereocenters. The highest BCUT2D eigenvalue weighted by molar-refractivity contribution is 7.98. The fourth-order valence-electron chi connectivity index (χ4n) is 2.33. The van der Waals surface area contributed by atoms with E-state index in [4.69, 9.17) is 0 Å². The van der Waals surface area contributed by atoms with Crippen molar-refractivity contribution in [2.45, 2.75) is 22.8 Å². The first kappa shape index (κ1) is 19.5. The van der Waals surface area contributed by atoms with E-state index in [1.54, 1.807) is 24.3 Å². The van der Waals surface area contributed by atoms with Crippen LogP contribution in [0.5, 0.6) is 0 Å². The normalized spacial score (nSPS) is 12.8. The van der Waals surface area contributed by atoms with Crippen molar-refractivity contribution in [2.75, 3.05) is 19.8 Å². The highest BCUT2D eigenvalue weighted by Crippen LogP contribution is 2.20. The molecule has 0 aliphatic rings. The molecule has 0 saturated heterocycles. The summed E-state index contributed by atoms with van der Waals surface area (Å²) in [5, 5.41) is 2.82. The van der Waals surface area contributed by atoms with Crippen LogP contribution in [0.3, 0.4) is 0 Å². The van der Waals surface area contributed by atoms with Crippen LogP contribution >= 0.6 is 11.8 Å². The Morgan fingerprint density at radius 3 is 2.28 bits per heavy atom. The van der Waals surface area contributed by atoms with Crippen molar-refractivity contribution >= 4 is 27.7 Å². The number of nitrogens with zero attached hydrogens (tertiary/aromatic N) is 1. The van der Waals surface area contributed by atoms with Crippen LogP contribution in [-0.4, -0.2) is 38.5 Å². The summed E-state index contributed by atoms with van der Waals surface area (Å²) in [6.07, 6.45) is 1.92. The predicted octanol–water partition coefficient (Wildman–Crippen LogP) is 2.91. The van der Waals surface area contributed by atoms with Gasteiger partial charge in [0, 0.05) is 11.9 Å². The maximum atomic E-state index is 12.6. The molecule has 0 bridgehead atoms. The van der Waals surface area contributed by atoms with Crippen molar-refractivity contribution in [3.05, 3.63) is 60.2 Å². The summed E-state index contributed by atoms with van der Waals surface area (Å²) < 4.78 is 26.2. The first-order chi connectivity index (χ1) is 11.8. The lowest BCUT2D eigenvalue weighted by Crippen LogP contribution is -2.39. The predicted molar refractivity (Wildman–Crippen MR) is 101 cm³/mol. The highest BCUT2D eigenvalue weighted by atomic mass is 32.2. The third kappa shape index (κ3) is 5.07. The minimum absolute atomic E-state index is 0.178. The van der Waals surface area contributed by atoms with E-state index in [9.17, 15) is 13.2 Å². The van der Waals surface area contributed by atoms with Crippen LogP contribution in [0.25, 0.3) is 0 Å². The SMILES string of the molecule is CSc1ccc(S(=O)(=O)N(C)CC(=O)NC(C)c2ccccc2)cc1. The van der Waals surface area contributed by atoms with Gasteiger partial charge in [-0.15, -0.1) is 11.8 Å². The van der Waals surface area contributed by atoms with Gasteiger partial charge in [-0.05, 0) is 43.0 Å². The van der Waals surface area contributed by atoms with Gasteiger partial charge in [0.2, 0.25) is 15.9 Å². The largest absolute Gasteiger partial charge is 0.348 e. The second kappa shape index (κ2) is 8.51. The molecule has 134 valence electrons. The average Bonchev–Trinajstić information content (AvgIpc) is 2.62. The van der Waals surface area contributed by atoms with E-state index < -0.39 is 10.0 Å². The smallest absolute Gasteiger partial charge is 0.243 e. The molecule has 2 rings (SSSR count). The molecule has 0 fully saturated rings.